The molecule has 30 heavy (non-hydrogen) atoms. The van der Waals surface area contributed by atoms with E-state index in [1.807, 2.05) is 12.1 Å². The number of hydrogen-bond donors (Lipinski definition) is 1. The van der Waals surface area contributed by atoms with Crippen molar-refractivity contribution in [3.63, 3.8) is 0 Å². The summed E-state index contributed by atoms with van der Waals surface area (Å²) in [5.41, 5.74) is 1.47. The molecule has 0 saturated carbocycles. The molecule has 1 amide bonds. The first kappa shape index (κ1) is 22.0. The minimum Gasteiger partial charge on any atom is -0.488 e. The van der Waals surface area contributed by atoms with Gasteiger partial charge in [0.05, 0.1) is 10.7 Å². The number of para-hydroxylation sites is 1. The van der Waals surface area contributed by atoms with Gasteiger partial charge in [0.2, 0.25) is 0 Å². The van der Waals surface area contributed by atoms with Crippen LogP contribution in [0.15, 0.2) is 66.7 Å². The quantitative estimate of drug-likeness (QED) is 0.434. The monoisotopic (exact) mass is 463 g/mol. The van der Waals surface area contributed by atoms with E-state index in [1.54, 1.807) is 48.5 Å². The second-order valence-electron chi connectivity index (χ2n) is 6.16. The number of halogens is 3. The van der Waals surface area contributed by atoms with Gasteiger partial charge < -0.3 is 14.8 Å². The molecule has 0 aliphatic rings. The van der Waals surface area contributed by atoms with Gasteiger partial charge in [0.15, 0.2) is 6.61 Å². The fraction of sp³-hybridized carbons (Fsp3) is 0.0909. The fourth-order valence-corrected chi connectivity index (χ4v) is 3.07. The van der Waals surface area contributed by atoms with Crippen LogP contribution >= 0.6 is 34.8 Å². The molecule has 3 rings (SSSR count). The van der Waals surface area contributed by atoms with Crippen LogP contribution in [0.5, 0.6) is 5.75 Å². The Morgan fingerprint density at radius 3 is 2.30 bits per heavy atom. The van der Waals surface area contributed by atoms with Gasteiger partial charge in [-0.1, -0.05) is 59.1 Å². The number of carbonyl (C=O) groups excluding carboxylic acids is 2. The van der Waals surface area contributed by atoms with E-state index in [4.69, 9.17) is 44.3 Å². The Morgan fingerprint density at radius 2 is 1.57 bits per heavy atom. The Kier molecular flexibility index (Phi) is 7.57. The van der Waals surface area contributed by atoms with E-state index in [-0.39, 0.29) is 17.2 Å². The van der Waals surface area contributed by atoms with Gasteiger partial charge in [0, 0.05) is 10.0 Å². The third-order valence-corrected chi connectivity index (χ3v) is 4.75. The molecular weight excluding hydrogens is 449 g/mol. The summed E-state index contributed by atoms with van der Waals surface area (Å²) in [6.07, 6.45) is 0. The number of amides is 1. The highest BCUT2D eigenvalue weighted by Crippen LogP contribution is 2.25. The molecule has 0 spiro atoms. The summed E-state index contributed by atoms with van der Waals surface area (Å²) in [5.74, 6) is -0.871. The van der Waals surface area contributed by atoms with Crippen molar-refractivity contribution in [1.29, 1.82) is 0 Å². The molecule has 0 atom stereocenters. The van der Waals surface area contributed by atoms with E-state index >= 15 is 0 Å². The van der Waals surface area contributed by atoms with E-state index < -0.39 is 18.5 Å². The lowest BCUT2D eigenvalue weighted by Gasteiger charge is -2.12. The van der Waals surface area contributed by atoms with Gasteiger partial charge >= 0.3 is 5.97 Å². The molecule has 0 heterocycles. The van der Waals surface area contributed by atoms with Gasteiger partial charge in [0.1, 0.15) is 17.9 Å². The van der Waals surface area contributed by atoms with Gasteiger partial charge in [0.25, 0.3) is 5.91 Å². The highest BCUT2D eigenvalue weighted by molar-refractivity contribution is 6.36. The average Bonchev–Trinajstić information content (AvgIpc) is 2.74. The average molecular weight is 465 g/mol. The third kappa shape index (κ3) is 6.13. The molecule has 1 N–H and O–H groups in total. The van der Waals surface area contributed by atoms with E-state index in [1.165, 1.54) is 6.07 Å². The smallest absolute Gasteiger partial charge is 0.342 e. The molecule has 3 aromatic rings. The Hall–Kier alpha value is -2.73. The van der Waals surface area contributed by atoms with Crippen molar-refractivity contribution in [2.24, 2.45) is 0 Å². The predicted molar refractivity (Wildman–Crippen MR) is 118 cm³/mol. The van der Waals surface area contributed by atoms with E-state index in [0.717, 1.165) is 5.56 Å². The number of rotatable bonds is 7. The highest BCUT2D eigenvalue weighted by atomic mass is 35.5. The molecule has 154 valence electrons. The standard InChI is InChI=1S/C22H16Cl3NO4/c23-15-7-5-14(6-8-15)12-29-20-4-2-1-3-17(20)22(28)30-13-21(27)26-19-10-9-16(24)11-18(19)25/h1-11H,12-13H2,(H,26,27). The topological polar surface area (TPSA) is 64.6 Å². The summed E-state index contributed by atoms with van der Waals surface area (Å²) in [7, 11) is 0. The van der Waals surface area contributed by atoms with Crippen LogP contribution < -0.4 is 10.1 Å². The van der Waals surface area contributed by atoms with Crippen LogP contribution in [0.25, 0.3) is 0 Å². The van der Waals surface area contributed by atoms with Crippen molar-refractivity contribution in [2.45, 2.75) is 6.61 Å². The maximum atomic E-state index is 12.4. The first-order valence-corrected chi connectivity index (χ1v) is 9.94. The first-order chi connectivity index (χ1) is 14.4. The highest BCUT2D eigenvalue weighted by Gasteiger charge is 2.16. The number of esters is 1. The van der Waals surface area contributed by atoms with Crippen LogP contribution in [0.4, 0.5) is 5.69 Å². The van der Waals surface area contributed by atoms with Crippen molar-refractivity contribution in [3.8, 4) is 5.75 Å². The molecule has 0 aliphatic carbocycles. The zero-order valence-electron chi connectivity index (χ0n) is 15.5. The lowest BCUT2D eigenvalue weighted by atomic mass is 10.2. The van der Waals surface area contributed by atoms with E-state index in [9.17, 15) is 9.59 Å². The summed E-state index contributed by atoms with van der Waals surface area (Å²) < 4.78 is 10.9. The van der Waals surface area contributed by atoms with Crippen LogP contribution in [0.2, 0.25) is 15.1 Å². The van der Waals surface area contributed by atoms with Crippen molar-refractivity contribution < 1.29 is 19.1 Å². The van der Waals surface area contributed by atoms with Gasteiger partial charge in [-0.25, -0.2) is 4.79 Å². The van der Waals surface area contributed by atoms with Gasteiger partial charge in [-0.2, -0.15) is 0 Å². The fourth-order valence-electron chi connectivity index (χ4n) is 2.49. The predicted octanol–water partition coefficient (Wildman–Crippen LogP) is 6.02. The summed E-state index contributed by atoms with van der Waals surface area (Å²) >= 11 is 17.7. The molecule has 0 radical (unpaired) electrons. The molecule has 0 unspecified atom stereocenters. The van der Waals surface area contributed by atoms with Crippen molar-refractivity contribution in [1.82, 2.24) is 0 Å². The molecule has 5 nitrogen and oxygen atoms in total. The Balaban J connectivity index is 1.58. The largest absolute Gasteiger partial charge is 0.488 e. The number of ether oxygens (including phenoxy) is 2. The van der Waals surface area contributed by atoms with Crippen LogP contribution in [0, 0.1) is 0 Å². The molecule has 0 saturated heterocycles. The maximum absolute atomic E-state index is 12.4. The first-order valence-electron chi connectivity index (χ1n) is 8.80. The lowest BCUT2D eigenvalue weighted by Crippen LogP contribution is -2.21. The molecule has 0 fully saturated rings. The van der Waals surface area contributed by atoms with Crippen LogP contribution in [0.1, 0.15) is 15.9 Å². The molecule has 3 aromatic carbocycles. The Bertz CT molecular complexity index is 1050. The minimum atomic E-state index is -0.681. The van der Waals surface area contributed by atoms with Crippen LogP contribution in [-0.4, -0.2) is 18.5 Å². The van der Waals surface area contributed by atoms with Crippen LogP contribution in [0.3, 0.4) is 0 Å². The van der Waals surface area contributed by atoms with E-state index in [0.29, 0.717) is 21.5 Å². The molecule has 0 aromatic heterocycles. The second-order valence-corrected chi connectivity index (χ2v) is 7.44. The van der Waals surface area contributed by atoms with Gasteiger partial charge in [-0.15, -0.1) is 0 Å². The molecule has 0 bridgehead atoms. The molecular formula is C22H16Cl3NO4. The van der Waals surface area contributed by atoms with Crippen molar-refractivity contribution >= 4 is 52.4 Å². The minimum absolute atomic E-state index is 0.212. The molecule has 0 aliphatic heterocycles. The van der Waals surface area contributed by atoms with Gasteiger partial charge in [-0.3, -0.25) is 4.79 Å². The summed E-state index contributed by atoms with van der Waals surface area (Å²) in [6.45, 7) is -0.236. The zero-order valence-corrected chi connectivity index (χ0v) is 17.8. The molecule has 8 heteroatoms. The summed E-state index contributed by atoms with van der Waals surface area (Å²) in [5, 5.41) is 3.91. The van der Waals surface area contributed by atoms with Gasteiger partial charge in [-0.05, 0) is 48.0 Å². The summed E-state index contributed by atoms with van der Waals surface area (Å²) in [4.78, 5) is 24.5. The summed E-state index contributed by atoms with van der Waals surface area (Å²) in [6, 6.07) is 18.5. The Labute approximate surface area is 188 Å². The number of benzene rings is 3. The number of anilines is 1. The second kappa shape index (κ2) is 10.3. The number of carbonyl (C=O) groups is 2. The van der Waals surface area contributed by atoms with E-state index in [2.05, 4.69) is 5.32 Å². The Morgan fingerprint density at radius 1 is 0.867 bits per heavy atom. The maximum Gasteiger partial charge on any atom is 0.342 e. The lowest BCUT2D eigenvalue weighted by molar-refractivity contribution is -0.119. The van der Waals surface area contributed by atoms with Crippen LogP contribution in [-0.2, 0) is 16.1 Å². The normalized spacial score (nSPS) is 10.4. The number of nitrogens with one attached hydrogen (secondary N) is 1. The van der Waals surface area contributed by atoms with Crippen molar-refractivity contribution in [2.75, 3.05) is 11.9 Å². The van der Waals surface area contributed by atoms with Crippen molar-refractivity contribution in [3.05, 3.63) is 92.9 Å². The third-order valence-electron chi connectivity index (χ3n) is 3.95. The number of hydrogen-bond acceptors (Lipinski definition) is 4. The zero-order chi connectivity index (χ0) is 21.5. The SMILES string of the molecule is O=C(COC(=O)c1ccccc1OCc1ccc(Cl)cc1)Nc1ccc(Cl)cc1Cl.